The molecule has 2 aromatic heterocycles. The molecule has 0 aliphatic carbocycles. The number of nitrogens with zero attached hydrogens (tertiary/aromatic N) is 1. The largest absolute Gasteiger partial charge is 0.456 e. The van der Waals surface area contributed by atoms with Crippen LogP contribution in [0, 0.1) is 0 Å². The Bertz CT molecular complexity index is 1230. The van der Waals surface area contributed by atoms with Crippen LogP contribution in [-0.4, -0.2) is 15.7 Å². The van der Waals surface area contributed by atoms with Crippen molar-refractivity contribution in [2.24, 2.45) is 0 Å². The van der Waals surface area contributed by atoms with Gasteiger partial charge in [-0.2, -0.15) is 0 Å². The maximum atomic E-state index is 12.2. The molecule has 0 fully saturated rings. The van der Waals surface area contributed by atoms with Crippen LogP contribution in [0.1, 0.15) is 6.42 Å². The van der Waals surface area contributed by atoms with Gasteiger partial charge in [0, 0.05) is 35.0 Å². The summed E-state index contributed by atoms with van der Waals surface area (Å²) < 4.78 is 6.88. The molecule has 0 saturated heterocycles. The maximum Gasteiger partial charge on any atom is 0.265 e. The van der Waals surface area contributed by atoms with Crippen molar-refractivity contribution < 1.29 is 9.21 Å². The van der Waals surface area contributed by atoms with E-state index in [-0.39, 0.29) is 30.0 Å². The number of furan rings is 1. The first-order valence-corrected chi connectivity index (χ1v) is 8.11. The number of hydrogen-bond acceptors (Lipinski definition) is 4. The molecular formula is C19H15N3O4. The topological polar surface area (TPSA) is 97.1 Å². The monoisotopic (exact) mass is 349 g/mol. The van der Waals surface area contributed by atoms with Crippen LogP contribution in [-0.2, 0) is 11.3 Å². The van der Waals surface area contributed by atoms with Gasteiger partial charge < -0.3 is 9.73 Å². The summed E-state index contributed by atoms with van der Waals surface area (Å²) in [5, 5.41) is 7.09. The lowest BCUT2D eigenvalue weighted by Gasteiger charge is -2.07. The molecule has 130 valence electrons. The van der Waals surface area contributed by atoms with Crippen molar-refractivity contribution in [1.29, 1.82) is 0 Å². The lowest BCUT2D eigenvalue weighted by atomic mass is 10.1. The molecule has 0 atom stereocenters. The average Bonchev–Trinajstić information content (AvgIpc) is 3.00. The Kier molecular flexibility index (Phi) is 3.89. The number of nitrogens with one attached hydrogen (secondary N) is 2. The van der Waals surface area contributed by atoms with E-state index in [4.69, 9.17) is 4.42 Å². The van der Waals surface area contributed by atoms with Crippen LogP contribution < -0.4 is 16.4 Å². The highest BCUT2D eigenvalue weighted by atomic mass is 16.3. The predicted molar refractivity (Wildman–Crippen MR) is 98.3 cm³/mol. The summed E-state index contributed by atoms with van der Waals surface area (Å²) in [7, 11) is 0. The number of aromatic amines is 1. The second-order valence-electron chi connectivity index (χ2n) is 5.91. The van der Waals surface area contributed by atoms with Gasteiger partial charge in [0.05, 0.1) is 6.54 Å². The summed E-state index contributed by atoms with van der Waals surface area (Å²) in [6, 6.07) is 15.5. The highest BCUT2D eigenvalue weighted by Gasteiger charge is 2.09. The summed E-state index contributed by atoms with van der Waals surface area (Å²) in [5.41, 5.74) is 1.44. The van der Waals surface area contributed by atoms with Gasteiger partial charge in [0.25, 0.3) is 11.1 Å². The molecule has 2 heterocycles. The quantitative estimate of drug-likeness (QED) is 0.591. The number of aryl methyl sites for hydroxylation is 1. The van der Waals surface area contributed by atoms with Crippen LogP contribution in [0.4, 0.5) is 5.69 Å². The van der Waals surface area contributed by atoms with Crippen LogP contribution in [0.15, 0.2) is 68.6 Å². The van der Waals surface area contributed by atoms with Gasteiger partial charge in [-0.25, -0.2) is 4.68 Å². The molecule has 2 N–H and O–H groups in total. The molecule has 1 amide bonds. The molecular weight excluding hydrogens is 334 g/mol. The van der Waals surface area contributed by atoms with Crippen LogP contribution in [0.3, 0.4) is 0 Å². The molecule has 2 aromatic carbocycles. The number of carbonyl (C=O) groups excluding carboxylic acids is 1. The van der Waals surface area contributed by atoms with Crippen molar-refractivity contribution in [3.8, 4) is 0 Å². The molecule has 26 heavy (non-hydrogen) atoms. The summed E-state index contributed by atoms with van der Waals surface area (Å²) in [5.74, 6) is -0.256. The third-order valence-electron chi connectivity index (χ3n) is 4.11. The molecule has 7 nitrogen and oxygen atoms in total. The van der Waals surface area contributed by atoms with Gasteiger partial charge in [0.1, 0.15) is 11.2 Å². The minimum absolute atomic E-state index is 0.0596. The number of hydrogen-bond donors (Lipinski definition) is 2. The van der Waals surface area contributed by atoms with E-state index in [1.807, 2.05) is 36.4 Å². The molecule has 0 bridgehead atoms. The van der Waals surface area contributed by atoms with E-state index in [0.29, 0.717) is 5.69 Å². The predicted octanol–water partition coefficient (Wildman–Crippen LogP) is 2.46. The van der Waals surface area contributed by atoms with Gasteiger partial charge in [-0.15, -0.1) is 0 Å². The molecule has 4 rings (SSSR count). The summed E-state index contributed by atoms with van der Waals surface area (Å²) >= 11 is 0. The zero-order valence-electron chi connectivity index (χ0n) is 13.7. The smallest absolute Gasteiger partial charge is 0.265 e. The fourth-order valence-corrected chi connectivity index (χ4v) is 2.87. The zero-order valence-corrected chi connectivity index (χ0v) is 13.7. The van der Waals surface area contributed by atoms with Gasteiger partial charge in [0.15, 0.2) is 0 Å². The second-order valence-corrected chi connectivity index (χ2v) is 5.91. The number of aromatic nitrogens is 2. The van der Waals surface area contributed by atoms with Crippen molar-refractivity contribution in [1.82, 2.24) is 9.78 Å². The van der Waals surface area contributed by atoms with E-state index >= 15 is 0 Å². The fraction of sp³-hybridized carbons (Fsp3) is 0.105. The Morgan fingerprint density at radius 3 is 2.69 bits per heavy atom. The Balaban J connectivity index is 1.52. The minimum Gasteiger partial charge on any atom is -0.456 e. The first kappa shape index (κ1) is 15.9. The van der Waals surface area contributed by atoms with E-state index < -0.39 is 0 Å². The summed E-state index contributed by atoms with van der Waals surface area (Å²) in [6.45, 7) is 0.0949. The molecule has 7 heteroatoms. The molecule has 0 unspecified atom stereocenters. The first-order chi connectivity index (χ1) is 12.6. The summed E-state index contributed by atoms with van der Waals surface area (Å²) in [4.78, 5) is 35.1. The average molecular weight is 349 g/mol. The molecule has 0 aliphatic heterocycles. The minimum atomic E-state index is -0.387. The van der Waals surface area contributed by atoms with E-state index in [1.54, 1.807) is 6.07 Å². The number of H-pyrrole nitrogens is 1. The first-order valence-electron chi connectivity index (χ1n) is 8.11. The number of fused-ring (bicyclic) bond motifs is 3. The van der Waals surface area contributed by atoms with Crippen molar-refractivity contribution in [3.63, 3.8) is 0 Å². The van der Waals surface area contributed by atoms with Crippen molar-refractivity contribution >= 4 is 33.5 Å². The highest BCUT2D eigenvalue weighted by molar-refractivity contribution is 6.06. The van der Waals surface area contributed by atoms with Gasteiger partial charge in [-0.05, 0) is 24.3 Å². The Labute approximate surface area is 146 Å². The van der Waals surface area contributed by atoms with Gasteiger partial charge in [0.2, 0.25) is 5.91 Å². The number of carbonyl (C=O) groups is 1. The zero-order chi connectivity index (χ0) is 18.1. The van der Waals surface area contributed by atoms with E-state index in [9.17, 15) is 14.4 Å². The van der Waals surface area contributed by atoms with Gasteiger partial charge in [-0.3, -0.25) is 19.5 Å². The number of rotatable bonds is 4. The number of benzene rings is 2. The number of anilines is 1. The van der Waals surface area contributed by atoms with Crippen LogP contribution >= 0.6 is 0 Å². The van der Waals surface area contributed by atoms with Gasteiger partial charge in [-0.1, -0.05) is 18.2 Å². The Morgan fingerprint density at radius 2 is 1.81 bits per heavy atom. The van der Waals surface area contributed by atoms with Gasteiger partial charge >= 0.3 is 0 Å². The molecule has 4 aromatic rings. The van der Waals surface area contributed by atoms with E-state index in [1.165, 1.54) is 6.07 Å². The van der Waals surface area contributed by atoms with Crippen molar-refractivity contribution in [2.75, 3.05) is 5.32 Å². The van der Waals surface area contributed by atoms with Crippen LogP contribution in [0.2, 0.25) is 0 Å². The normalized spacial score (nSPS) is 11.1. The number of para-hydroxylation sites is 1. The Hall–Kier alpha value is -3.61. The lowest BCUT2D eigenvalue weighted by molar-refractivity contribution is -0.116. The van der Waals surface area contributed by atoms with Crippen molar-refractivity contribution in [3.05, 3.63) is 75.3 Å². The summed E-state index contributed by atoms with van der Waals surface area (Å²) in [6.07, 6.45) is 0.0596. The third-order valence-corrected chi connectivity index (χ3v) is 4.11. The van der Waals surface area contributed by atoms with Crippen molar-refractivity contribution in [2.45, 2.75) is 13.0 Å². The molecule has 0 radical (unpaired) electrons. The standard InChI is InChI=1S/C19H15N3O4/c23-17(9-10-22-19(25)8-7-18(24)21-22)20-12-5-6-16-14(11-12)13-3-1-2-4-15(13)26-16/h1-8,11H,9-10H2,(H,20,23)(H,21,24). The Morgan fingerprint density at radius 1 is 1.00 bits per heavy atom. The van der Waals surface area contributed by atoms with Crippen LogP contribution in [0.25, 0.3) is 21.9 Å². The second kappa shape index (κ2) is 6.36. The molecule has 0 spiro atoms. The highest BCUT2D eigenvalue weighted by Crippen LogP contribution is 2.30. The fourth-order valence-electron chi connectivity index (χ4n) is 2.87. The van der Waals surface area contributed by atoms with E-state index in [2.05, 4.69) is 10.4 Å². The molecule has 0 aliphatic rings. The third kappa shape index (κ3) is 3.02. The lowest BCUT2D eigenvalue weighted by Crippen LogP contribution is -2.29. The van der Waals surface area contributed by atoms with E-state index in [0.717, 1.165) is 32.7 Å². The number of amides is 1. The maximum absolute atomic E-state index is 12.2. The molecule has 0 saturated carbocycles. The SMILES string of the molecule is O=C(CCn1[nH]c(=O)ccc1=O)Nc1ccc2oc3ccccc3c2c1. The van der Waals surface area contributed by atoms with Crippen LogP contribution in [0.5, 0.6) is 0 Å².